The first-order valence-electron chi connectivity index (χ1n) is 7.04. The standard InChI is InChI=1S/C17H29N/c1-16(2,3)13-9-12-15(18)17(4,5)14-10-7-6-8-11-14/h6-8,10-11,15H,9,12-13,18H2,1-5H3. The molecule has 18 heavy (non-hydrogen) atoms. The van der Waals surface area contributed by atoms with Crippen molar-refractivity contribution >= 4 is 0 Å². The van der Waals surface area contributed by atoms with Crippen LogP contribution in [0.25, 0.3) is 0 Å². The molecule has 1 nitrogen and oxygen atoms in total. The van der Waals surface area contributed by atoms with Crippen LogP contribution < -0.4 is 5.73 Å². The van der Waals surface area contributed by atoms with Crippen molar-refractivity contribution in [1.82, 2.24) is 0 Å². The van der Waals surface area contributed by atoms with E-state index in [0.717, 1.165) is 6.42 Å². The van der Waals surface area contributed by atoms with Crippen LogP contribution in [0, 0.1) is 5.41 Å². The van der Waals surface area contributed by atoms with Gasteiger partial charge in [-0.25, -0.2) is 0 Å². The second-order valence-electron chi connectivity index (χ2n) is 7.15. The quantitative estimate of drug-likeness (QED) is 0.814. The van der Waals surface area contributed by atoms with Gasteiger partial charge in [0.05, 0.1) is 0 Å². The van der Waals surface area contributed by atoms with Crippen LogP contribution in [-0.2, 0) is 5.41 Å². The lowest BCUT2D eigenvalue weighted by Gasteiger charge is -2.33. The highest BCUT2D eigenvalue weighted by Crippen LogP contribution is 2.30. The number of rotatable bonds is 5. The third kappa shape index (κ3) is 4.45. The fraction of sp³-hybridized carbons (Fsp3) is 0.647. The lowest BCUT2D eigenvalue weighted by molar-refractivity contribution is 0.322. The van der Waals surface area contributed by atoms with Crippen molar-refractivity contribution in [1.29, 1.82) is 0 Å². The SMILES string of the molecule is CC(C)(C)CCCC(N)C(C)(C)c1ccccc1. The maximum atomic E-state index is 6.41. The van der Waals surface area contributed by atoms with Crippen molar-refractivity contribution in [2.75, 3.05) is 0 Å². The van der Waals surface area contributed by atoms with Crippen LogP contribution in [0.1, 0.15) is 59.4 Å². The van der Waals surface area contributed by atoms with Crippen molar-refractivity contribution in [2.45, 2.75) is 65.3 Å². The van der Waals surface area contributed by atoms with Crippen molar-refractivity contribution in [2.24, 2.45) is 11.1 Å². The van der Waals surface area contributed by atoms with E-state index in [1.165, 1.54) is 18.4 Å². The molecule has 0 bridgehead atoms. The minimum Gasteiger partial charge on any atom is -0.327 e. The summed E-state index contributed by atoms with van der Waals surface area (Å²) in [4.78, 5) is 0. The molecule has 1 atom stereocenters. The molecule has 0 saturated carbocycles. The lowest BCUT2D eigenvalue weighted by Crippen LogP contribution is -2.40. The Morgan fingerprint density at radius 3 is 2.06 bits per heavy atom. The molecule has 0 spiro atoms. The third-order valence-electron chi connectivity index (χ3n) is 3.89. The van der Waals surface area contributed by atoms with Gasteiger partial charge in [0.25, 0.3) is 0 Å². The molecule has 0 radical (unpaired) electrons. The molecule has 0 heterocycles. The molecule has 1 aromatic rings. The van der Waals surface area contributed by atoms with E-state index >= 15 is 0 Å². The maximum absolute atomic E-state index is 6.41. The summed E-state index contributed by atoms with van der Waals surface area (Å²) in [5.41, 5.74) is 8.22. The molecule has 2 N–H and O–H groups in total. The van der Waals surface area contributed by atoms with Crippen LogP contribution in [0.3, 0.4) is 0 Å². The van der Waals surface area contributed by atoms with Gasteiger partial charge in [0, 0.05) is 11.5 Å². The molecule has 0 aliphatic heterocycles. The number of benzene rings is 1. The van der Waals surface area contributed by atoms with E-state index in [4.69, 9.17) is 5.73 Å². The van der Waals surface area contributed by atoms with E-state index in [2.05, 4.69) is 65.0 Å². The van der Waals surface area contributed by atoms with Crippen molar-refractivity contribution < 1.29 is 0 Å². The van der Waals surface area contributed by atoms with Gasteiger partial charge in [0.1, 0.15) is 0 Å². The van der Waals surface area contributed by atoms with E-state index < -0.39 is 0 Å². The summed E-state index contributed by atoms with van der Waals surface area (Å²) >= 11 is 0. The summed E-state index contributed by atoms with van der Waals surface area (Å²) in [6.07, 6.45) is 3.55. The van der Waals surface area contributed by atoms with Crippen LogP contribution in [-0.4, -0.2) is 6.04 Å². The molecule has 0 aliphatic rings. The van der Waals surface area contributed by atoms with Crippen LogP contribution in [0.2, 0.25) is 0 Å². The molecule has 0 aliphatic carbocycles. The van der Waals surface area contributed by atoms with Gasteiger partial charge >= 0.3 is 0 Å². The van der Waals surface area contributed by atoms with Crippen LogP contribution in [0.4, 0.5) is 0 Å². The van der Waals surface area contributed by atoms with E-state index in [0.29, 0.717) is 5.41 Å². The third-order valence-corrected chi connectivity index (χ3v) is 3.89. The molecular formula is C17H29N. The first-order valence-corrected chi connectivity index (χ1v) is 7.04. The highest BCUT2D eigenvalue weighted by molar-refractivity contribution is 5.25. The van der Waals surface area contributed by atoms with Gasteiger partial charge < -0.3 is 5.73 Å². The second-order valence-corrected chi connectivity index (χ2v) is 7.15. The Balaban J connectivity index is 2.58. The summed E-state index contributed by atoms with van der Waals surface area (Å²) in [5.74, 6) is 0. The highest BCUT2D eigenvalue weighted by Gasteiger charge is 2.28. The second kappa shape index (κ2) is 5.88. The Morgan fingerprint density at radius 1 is 1.00 bits per heavy atom. The fourth-order valence-electron chi connectivity index (χ4n) is 2.29. The van der Waals surface area contributed by atoms with Crippen LogP contribution >= 0.6 is 0 Å². The van der Waals surface area contributed by atoms with Crippen molar-refractivity contribution in [3.63, 3.8) is 0 Å². The van der Waals surface area contributed by atoms with Gasteiger partial charge in [-0.1, -0.05) is 71.4 Å². The fourth-order valence-corrected chi connectivity index (χ4v) is 2.29. The number of hydrogen-bond acceptors (Lipinski definition) is 1. The minimum atomic E-state index is 0.0547. The Kier molecular flexibility index (Phi) is 4.98. The zero-order chi connectivity index (χ0) is 13.8. The first kappa shape index (κ1) is 15.2. The smallest absolute Gasteiger partial charge is 0.0131 e. The zero-order valence-electron chi connectivity index (χ0n) is 12.7. The summed E-state index contributed by atoms with van der Waals surface area (Å²) < 4.78 is 0. The molecule has 0 aromatic heterocycles. The van der Waals surface area contributed by atoms with Crippen LogP contribution in [0.15, 0.2) is 30.3 Å². The minimum absolute atomic E-state index is 0.0547. The topological polar surface area (TPSA) is 26.0 Å². The summed E-state index contributed by atoms with van der Waals surface area (Å²) in [7, 11) is 0. The van der Waals surface area contributed by atoms with E-state index in [-0.39, 0.29) is 11.5 Å². The number of hydrogen-bond donors (Lipinski definition) is 1. The van der Waals surface area contributed by atoms with Gasteiger partial charge in [-0.15, -0.1) is 0 Å². The van der Waals surface area contributed by atoms with E-state index in [1.54, 1.807) is 0 Å². The van der Waals surface area contributed by atoms with Gasteiger partial charge in [-0.05, 0) is 23.8 Å². The predicted octanol–water partition coefficient (Wildman–Crippen LogP) is 4.51. The van der Waals surface area contributed by atoms with Crippen LogP contribution in [0.5, 0.6) is 0 Å². The Morgan fingerprint density at radius 2 is 1.56 bits per heavy atom. The first-order chi connectivity index (χ1) is 8.23. The van der Waals surface area contributed by atoms with Gasteiger partial charge in [0.2, 0.25) is 0 Å². The average Bonchev–Trinajstić information content (AvgIpc) is 2.28. The van der Waals surface area contributed by atoms with E-state index in [9.17, 15) is 0 Å². The monoisotopic (exact) mass is 247 g/mol. The van der Waals surface area contributed by atoms with Crippen molar-refractivity contribution in [3.05, 3.63) is 35.9 Å². The zero-order valence-corrected chi connectivity index (χ0v) is 12.7. The predicted molar refractivity (Wildman–Crippen MR) is 80.7 cm³/mol. The molecule has 1 unspecified atom stereocenters. The summed E-state index contributed by atoms with van der Waals surface area (Å²) in [6, 6.07) is 10.8. The van der Waals surface area contributed by atoms with Gasteiger partial charge in [-0.3, -0.25) is 0 Å². The van der Waals surface area contributed by atoms with Crippen molar-refractivity contribution in [3.8, 4) is 0 Å². The Labute approximate surface area is 113 Å². The summed E-state index contributed by atoms with van der Waals surface area (Å²) in [6.45, 7) is 11.4. The molecule has 1 aromatic carbocycles. The molecule has 1 rings (SSSR count). The van der Waals surface area contributed by atoms with E-state index in [1.807, 2.05) is 0 Å². The number of nitrogens with two attached hydrogens (primary N) is 1. The molecule has 102 valence electrons. The molecule has 1 heteroatoms. The largest absolute Gasteiger partial charge is 0.327 e. The van der Waals surface area contributed by atoms with Gasteiger partial charge in [-0.2, -0.15) is 0 Å². The molecule has 0 amide bonds. The average molecular weight is 247 g/mol. The highest BCUT2D eigenvalue weighted by atomic mass is 14.7. The van der Waals surface area contributed by atoms with Gasteiger partial charge in [0.15, 0.2) is 0 Å². The summed E-state index contributed by atoms with van der Waals surface area (Å²) in [5, 5.41) is 0. The lowest BCUT2D eigenvalue weighted by atomic mass is 9.75. The maximum Gasteiger partial charge on any atom is 0.0131 e. The molecular weight excluding hydrogens is 218 g/mol. The Bertz CT molecular complexity index is 346. The molecule has 0 saturated heterocycles. The Hall–Kier alpha value is -0.820. The normalized spacial score (nSPS) is 14.6. The molecule has 0 fully saturated rings.